The maximum atomic E-state index is 12.5. The van der Waals surface area contributed by atoms with Gasteiger partial charge in [-0.15, -0.1) is 0 Å². The van der Waals surface area contributed by atoms with Crippen LogP contribution in [0.4, 0.5) is 0 Å². The Morgan fingerprint density at radius 2 is 1.86 bits per heavy atom. The summed E-state index contributed by atoms with van der Waals surface area (Å²) in [6.07, 6.45) is 3.27. The molecule has 0 bridgehead atoms. The zero-order chi connectivity index (χ0) is 19.3. The molecule has 0 spiro atoms. The lowest BCUT2D eigenvalue weighted by Gasteiger charge is -2.07. The number of aromatic nitrogens is 3. The maximum absolute atomic E-state index is 12.5. The number of pyridine rings is 1. The number of carbonyl (C=O) groups excluding carboxylic acids is 1. The molecule has 4 aromatic rings. The van der Waals surface area contributed by atoms with Crippen LogP contribution in [-0.4, -0.2) is 26.7 Å². The number of rotatable bonds is 5. The molecule has 4 rings (SSSR count). The van der Waals surface area contributed by atoms with E-state index < -0.39 is 0 Å². The number of hydrazone groups is 1. The molecule has 2 aromatic carbocycles. The summed E-state index contributed by atoms with van der Waals surface area (Å²) in [7, 11) is 0. The lowest BCUT2D eigenvalue weighted by molar-refractivity contribution is -0.121. The molecule has 2 heterocycles. The van der Waals surface area contributed by atoms with Gasteiger partial charge in [-0.05, 0) is 42.0 Å². The summed E-state index contributed by atoms with van der Waals surface area (Å²) in [5, 5.41) is 4.67. The van der Waals surface area contributed by atoms with Crippen LogP contribution in [-0.2, 0) is 11.3 Å². The summed E-state index contributed by atoms with van der Waals surface area (Å²) in [6, 6.07) is 20.4. The Balaban J connectivity index is 1.56. The van der Waals surface area contributed by atoms with Crippen LogP contribution in [0.1, 0.15) is 5.56 Å². The van der Waals surface area contributed by atoms with Gasteiger partial charge in [0, 0.05) is 11.2 Å². The van der Waals surface area contributed by atoms with Gasteiger partial charge in [-0.1, -0.05) is 41.9 Å². The van der Waals surface area contributed by atoms with Crippen molar-refractivity contribution in [3.05, 3.63) is 83.5 Å². The van der Waals surface area contributed by atoms with Crippen molar-refractivity contribution >= 4 is 34.8 Å². The smallest absolute Gasteiger partial charge is 0.260 e. The van der Waals surface area contributed by atoms with Crippen molar-refractivity contribution in [3.63, 3.8) is 0 Å². The zero-order valence-electron chi connectivity index (χ0n) is 14.8. The summed E-state index contributed by atoms with van der Waals surface area (Å²) in [4.78, 5) is 21.5. The summed E-state index contributed by atoms with van der Waals surface area (Å²) in [5.74, 6) is 0.379. The first kappa shape index (κ1) is 17.9. The van der Waals surface area contributed by atoms with Gasteiger partial charge in [0.1, 0.15) is 12.2 Å². The Labute approximate surface area is 166 Å². The minimum Gasteiger partial charge on any atom is -0.313 e. The standard InChI is InChI=1S/C21H16ClN5O/c22-16-10-8-15(9-11-16)13-24-26-20(28)14-27-19-7-2-1-5-17(19)25-21(27)18-6-3-4-12-23-18/h1-13H,14H2,(H,26,28). The average molecular weight is 390 g/mol. The number of nitrogens with zero attached hydrogens (tertiary/aromatic N) is 4. The number of benzene rings is 2. The number of hydrogen-bond donors (Lipinski definition) is 1. The van der Waals surface area contributed by atoms with Crippen molar-refractivity contribution in [1.82, 2.24) is 20.0 Å². The van der Waals surface area contributed by atoms with Crippen molar-refractivity contribution in [2.24, 2.45) is 5.10 Å². The van der Waals surface area contributed by atoms with E-state index in [9.17, 15) is 4.79 Å². The average Bonchev–Trinajstić information content (AvgIpc) is 3.09. The van der Waals surface area contributed by atoms with Gasteiger partial charge in [0.25, 0.3) is 5.91 Å². The third kappa shape index (κ3) is 3.92. The molecule has 0 saturated carbocycles. The monoisotopic (exact) mass is 389 g/mol. The first-order valence-corrected chi connectivity index (χ1v) is 9.02. The SMILES string of the molecule is O=C(Cn1c(-c2ccccn2)nc2ccccc21)NN=Cc1ccc(Cl)cc1. The molecule has 2 aromatic heterocycles. The Morgan fingerprint density at radius 3 is 2.64 bits per heavy atom. The van der Waals surface area contributed by atoms with Crippen molar-refractivity contribution in [1.29, 1.82) is 0 Å². The van der Waals surface area contributed by atoms with Crippen LogP contribution in [0.2, 0.25) is 5.02 Å². The van der Waals surface area contributed by atoms with Gasteiger partial charge in [0.05, 0.1) is 17.2 Å². The van der Waals surface area contributed by atoms with E-state index in [4.69, 9.17) is 11.6 Å². The lowest BCUT2D eigenvalue weighted by atomic mass is 10.2. The molecule has 0 aliphatic carbocycles. The molecule has 1 N–H and O–H groups in total. The van der Waals surface area contributed by atoms with Gasteiger partial charge in [-0.25, -0.2) is 10.4 Å². The van der Waals surface area contributed by atoms with E-state index in [0.717, 1.165) is 16.6 Å². The van der Waals surface area contributed by atoms with Crippen molar-refractivity contribution in [2.75, 3.05) is 0 Å². The van der Waals surface area contributed by atoms with E-state index in [0.29, 0.717) is 16.5 Å². The molecule has 7 heteroatoms. The molecule has 0 aliphatic rings. The van der Waals surface area contributed by atoms with E-state index in [1.54, 1.807) is 24.5 Å². The second-order valence-corrected chi connectivity index (χ2v) is 6.51. The number of imidazole rings is 1. The summed E-state index contributed by atoms with van der Waals surface area (Å²) < 4.78 is 1.84. The van der Waals surface area contributed by atoms with Gasteiger partial charge in [-0.3, -0.25) is 9.78 Å². The fourth-order valence-electron chi connectivity index (χ4n) is 2.83. The second kappa shape index (κ2) is 8.02. The number of nitrogens with one attached hydrogen (secondary N) is 1. The zero-order valence-corrected chi connectivity index (χ0v) is 15.5. The molecule has 6 nitrogen and oxygen atoms in total. The molecule has 1 amide bonds. The Kier molecular flexibility index (Phi) is 5.12. The minimum atomic E-state index is -0.259. The van der Waals surface area contributed by atoms with E-state index in [1.807, 2.05) is 59.2 Å². The van der Waals surface area contributed by atoms with Crippen LogP contribution >= 0.6 is 11.6 Å². The fourth-order valence-corrected chi connectivity index (χ4v) is 2.96. The molecular weight excluding hydrogens is 374 g/mol. The number of para-hydroxylation sites is 2. The number of carbonyl (C=O) groups is 1. The van der Waals surface area contributed by atoms with Crippen LogP contribution in [0.15, 0.2) is 78.0 Å². The highest BCUT2D eigenvalue weighted by Gasteiger charge is 2.15. The summed E-state index contributed by atoms with van der Waals surface area (Å²) >= 11 is 5.86. The van der Waals surface area contributed by atoms with E-state index in [1.165, 1.54) is 0 Å². The van der Waals surface area contributed by atoms with Gasteiger partial charge >= 0.3 is 0 Å². The number of fused-ring (bicyclic) bond motifs is 1. The molecule has 138 valence electrons. The molecular formula is C21H16ClN5O. The van der Waals surface area contributed by atoms with Gasteiger partial charge < -0.3 is 4.57 Å². The third-order valence-corrected chi connectivity index (χ3v) is 4.38. The topological polar surface area (TPSA) is 72.2 Å². The van der Waals surface area contributed by atoms with Gasteiger partial charge in [-0.2, -0.15) is 5.10 Å². The normalized spacial score (nSPS) is 11.2. The number of amides is 1. The molecule has 0 aliphatic heterocycles. The first-order chi connectivity index (χ1) is 13.7. The largest absolute Gasteiger partial charge is 0.313 e. The van der Waals surface area contributed by atoms with Crippen LogP contribution < -0.4 is 5.43 Å². The highest BCUT2D eigenvalue weighted by molar-refractivity contribution is 6.30. The Morgan fingerprint density at radius 1 is 1.07 bits per heavy atom. The Hall–Kier alpha value is -3.51. The highest BCUT2D eigenvalue weighted by atomic mass is 35.5. The third-order valence-electron chi connectivity index (χ3n) is 4.12. The fraction of sp³-hybridized carbons (Fsp3) is 0.0476. The summed E-state index contributed by atoms with van der Waals surface area (Å²) in [5.41, 5.74) is 5.77. The quantitative estimate of drug-likeness (QED) is 0.415. The van der Waals surface area contributed by atoms with Crippen molar-refractivity contribution in [2.45, 2.75) is 6.54 Å². The summed E-state index contributed by atoms with van der Waals surface area (Å²) in [6.45, 7) is 0.0738. The maximum Gasteiger partial charge on any atom is 0.260 e. The predicted molar refractivity (Wildman–Crippen MR) is 110 cm³/mol. The van der Waals surface area contributed by atoms with Gasteiger partial charge in [0.15, 0.2) is 5.82 Å². The molecule has 0 atom stereocenters. The number of hydrogen-bond acceptors (Lipinski definition) is 4. The van der Waals surface area contributed by atoms with Crippen molar-refractivity contribution in [3.8, 4) is 11.5 Å². The first-order valence-electron chi connectivity index (χ1n) is 8.65. The van der Waals surface area contributed by atoms with E-state index in [2.05, 4.69) is 20.5 Å². The molecule has 0 radical (unpaired) electrons. The molecule has 28 heavy (non-hydrogen) atoms. The second-order valence-electron chi connectivity index (χ2n) is 6.07. The highest BCUT2D eigenvalue weighted by Crippen LogP contribution is 2.23. The molecule has 0 saturated heterocycles. The molecule has 0 fully saturated rings. The van der Waals surface area contributed by atoms with Crippen LogP contribution in [0, 0.1) is 0 Å². The van der Waals surface area contributed by atoms with E-state index >= 15 is 0 Å². The lowest BCUT2D eigenvalue weighted by Crippen LogP contribution is -2.23. The van der Waals surface area contributed by atoms with Crippen LogP contribution in [0.25, 0.3) is 22.6 Å². The van der Waals surface area contributed by atoms with E-state index in [-0.39, 0.29) is 12.5 Å². The van der Waals surface area contributed by atoms with Gasteiger partial charge in [0.2, 0.25) is 0 Å². The van der Waals surface area contributed by atoms with Crippen LogP contribution in [0.3, 0.4) is 0 Å². The molecule has 0 unspecified atom stereocenters. The minimum absolute atomic E-state index is 0.0738. The van der Waals surface area contributed by atoms with Crippen LogP contribution in [0.5, 0.6) is 0 Å². The van der Waals surface area contributed by atoms with Crippen molar-refractivity contribution < 1.29 is 4.79 Å². The Bertz CT molecular complexity index is 1140. The predicted octanol–water partition coefficient (Wildman–Crippen LogP) is 3.90. The number of halogens is 1.